The van der Waals surface area contributed by atoms with Crippen molar-refractivity contribution in [3.63, 3.8) is 0 Å². The lowest BCUT2D eigenvalue weighted by atomic mass is 10.0. The van der Waals surface area contributed by atoms with Crippen LogP contribution >= 0.6 is 0 Å². The highest BCUT2D eigenvalue weighted by atomic mass is 16.5. The van der Waals surface area contributed by atoms with Gasteiger partial charge in [0.05, 0.1) is 35.7 Å². The first kappa shape index (κ1) is 17.3. The number of ether oxygens (including phenoxy) is 1. The molecular formula is C20H24N4O. The minimum absolute atomic E-state index is 0.201. The summed E-state index contributed by atoms with van der Waals surface area (Å²) >= 11 is 0. The second-order valence-electron chi connectivity index (χ2n) is 7.05. The number of aromatic nitrogens is 3. The molecule has 0 radical (unpaired) electrons. The Balaban J connectivity index is 2.01. The summed E-state index contributed by atoms with van der Waals surface area (Å²) in [6.07, 6.45) is 7.34. The number of hydrogen-bond donors (Lipinski definition) is 1. The van der Waals surface area contributed by atoms with E-state index in [4.69, 9.17) is 9.72 Å². The van der Waals surface area contributed by atoms with Gasteiger partial charge in [-0.2, -0.15) is 0 Å². The molecule has 5 heteroatoms. The molecule has 0 unspecified atom stereocenters. The zero-order chi connectivity index (χ0) is 17.9. The Bertz CT molecular complexity index is 847. The highest BCUT2D eigenvalue weighted by Crippen LogP contribution is 2.29. The van der Waals surface area contributed by atoms with Gasteiger partial charge in [0.2, 0.25) is 0 Å². The first-order valence-corrected chi connectivity index (χ1v) is 8.49. The second-order valence-corrected chi connectivity index (χ2v) is 7.05. The van der Waals surface area contributed by atoms with E-state index in [2.05, 4.69) is 35.2 Å². The fourth-order valence-corrected chi connectivity index (χ4v) is 2.63. The molecule has 0 fully saturated rings. The van der Waals surface area contributed by atoms with Crippen LogP contribution in [0.3, 0.4) is 0 Å². The molecule has 1 N–H and O–H groups in total. The number of anilines is 1. The molecule has 3 rings (SSSR count). The van der Waals surface area contributed by atoms with Gasteiger partial charge in [-0.3, -0.25) is 9.97 Å². The van der Waals surface area contributed by atoms with Crippen LogP contribution in [0.4, 0.5) is 5.69 Å². The van der Waals surface area contributed by atoms with E-state index in [0.717, 1.165) is 27.8 Å². The number of rotatable bonds is 6. The SMILES string of the molecule is CC(C)OCC(C)(C)Nc1cc(-c2ccncc2)nc2cnccc12. The zero-order valence-electron chi connectivity index (χ0n) is 15.2. The highest BCUT2D eigenvalue weighted by Gasteiger charge is 2.20. The summed E-state index contributed by atoms with van der Waals surface area (Å²) in [6, 6.07) is 7.98. The Labute approximate surface area is 148 Å². The summed E-state index contributed by atoms with van der Waals surface area (Å²) in [5.74, 6) is 0. The van der Waals surface area contributed by atoms with Gasteiger partial charge in [-0.05, 0) is 52.0 Å². The molecule has 3 aromatic rings. The van der Waals surface area contributed by atoms with Crippen molar-refractivity contribution < 1.29 is 4.74 Å². The number of fused-ring (bicyclic) bond motifs is 1. The lowest BCUT2D eigenvalue weighted by Gasteiger charge is -2.29. The summed E-state index contributed by atoms with van der Waals surface area (Å²) < 4.78 is 5.81. The Hall–Kier alpha value is -2.53. The van der Waals surface area contributed by atoms with Crippen molar-refractivity contribution in [1.29, 1.82) is 0 Å². The van der Waals surface area contributed by atoms with Crippen LogP contribution in [-0.4, -0.2) is 33.2 Å². The van der Waals surface area contributed by atoms with Crippen LogP contribution in [0.2, 0.25) is 0 Å². The molecule has 0 bridgehead atoms. The van der Waals surface area contributed by atoms with Crippen LogP contribution < -0.4 is 5.32 Å². The van der Waals surface area contributed by atoms with Crippen molar-refractivity contribution in [3.8, 4) is 11.3 Å². The quantitative estimate of drug-likeness (QED) is 0.727. The third kappa shape index (κ3) is 4.31. The summed E-state index contributed by atoms with van der Waals surface area (Å²) in [7, 11) is 0. The van der Waals surface area contributed by atoms with Crippen molar-refractivity contribution in [1.82, 2.24) is 15.0 Å². The smallest absolute Gasteiger partial charge is 0.0913 e. The molecule has 0 aliphatic rings. The van der Waals surface area contributed by atoms with E-state index in [0.29, 0.717) is 6.61 Å². The Morgan fingerprint density at radius 3 is 2.52 bits per heavy atom. The van der Waals surface area contributed by atoms with Crippen molar-refractivity contribution in [2.45, 2.75) is 39.3 Å². The normalized spacial score (nSPS) is 11.9. The minimum atomic E-state index is -0.211. The van der Waals surface area contributed by atoms with Crippen molar-refractivity contribution >= 4 is 16.6 Å². The summed E-state index contributed by atoms with van der Waals surface area (Å²) in [4.78, 5) is 13.0. The lowest BCUT2D eigenvalue weighted by Crippen LogP contribution is -2.37. The maximum atomic E-state index is 5.81. The number of nitrogens with zero attached hydrogens (tertiary/aromatic N) is 3. The summed E-state index contributed by atoms with van der Waals surface area (Å²) in [5.41, 5.74) is 3.60. The maximum absolute atomic E-state index is 5.81. The molecule has 0 aliphatic carbocycles. The molecular weight excluding hydrogens is 312 g/mol. The van der Waals surface area contributed by atoms with Crippen LogP contribution in [0.25, 0.3) is 22.2 Å². The van der Waals surface area contributed by atoms with E-state index in [9.17, 15) is 0 Å². The summed E-state index contributed by atoms with van der Waals surface area (Å²) in [6.45, 7) is 8.98. The molecule has 0 aliphatic heterocycles. The van der Waals surface area contributed by atoms with Gasteiger partial charge in [0.1, 0.15) is 0 Å². The molecule has 0 amide bonds. The van der Waals surface area contributed by atoms with Gasteiger partial charge in [0, 0.05) is 35.2 Å². The third-order valence-electron chi connectivity index (χ3n) is 3.84. The molecule has 0 atom stereocenters. The Kier molecular flexibility index (Phi) is 4.95. The standard InChI is InChI=1S/C20H24N4O/c1-14(2)25-13-20(3,4)24-18-11-17(15-5-8-21-9-6-15)23-19-12-22-10-7-16(18)19/h5-12,14H,13H2,1-4H3,(H,23,24). The molecule has 130 valence electrons. The topological polar surface area (TPSA) is 59.9 Å². The molecule has 25 heavy (non-hydrogen) atoms. The van der Waals surface area contributed by atoms with Crippen LogP contribution in [0, 0.1) is 0 Å². The van der Waals surface area contributed by atoms with Crippen molar-refractivity contribution in [2.75, 3.05) is 11.9 Å². The Morgan fingerprint density at radius 2 is 1.80 bits per heavy atom. The largest absolute Gasteiger partial charge is 0.377 e. The molecule has 5 nitrogen and oxygen atoms in total. The van der Waals surface area contributed by atoms with Gasteiger partial charge in [0.15, 0.2) is 0 Å². The number of pyridine rings is 3. The van der Waals surface area contributed by atoms with E-state index < -0.39 is 0 Å². The maximum Gasteiger partial charge on any atom is 0.0913 e. The van der Waals surface area contributed by atoms with Gasteiger partial charge in [-0.25, -0.2) is 4.98 Å². The van der Waals surface area contributed by atoms with Crippen LogP contribution in [0.15, 0.2) is 49.1 Å². The zero-order valence-corrected chi connectivity index (χ0v) is 15.2. The van der Waals surface area contributed by atoms with Gasteiger partial charge in [-0.1, -0.05) is 0 Å². The van der Waals surface area contributed by atoms with Gasteiger partial charge in [0.25, 0.3) is 0 Å². The Morgan fingerprint density at radius 1 is 1.08 bits per heavy atom. The predicted molar refractivity (Wildman–Crippen MR) is 102 cm³/mol. The van der Waals surface area contributed by atoms with Crippen LogP contribution in [-0.2, 0) is 4.74 Å². The van der Waals surface area contributed by atoms with Crippen LogP contribution in [0.5, 0.6) is 0 Å². The van der Waals surface area contributed by atoms with Gasteiger partial charge >= 0.3 is 0 Å². The lowest BCUT2D eigenvalue weighted by molar-refractivity contribution is 0.0548. The average Bonchev–Trinajstić information content (AvgIpc) is 2.60. The predicted octanol–water partition coefficient (Wildman–Crippen LogP) is 4.31. The van der Waals surface area contributed by atoms with Crippen molar-refractivity contribution in [2.24, 2.45) is 0 Å². The minimum Gasteiger partial charge on any atom is -0.377 e. The molecule has 0 saturated carbocycles. The molecule has 3 aromatic heterocycles. The number of nitrogens with one attached hydrogen (secondary N) is 1. The fourth-order valence-electron chi connectivity index (χ4n) is 2.63. The van der Waals surface area contributed by atoms with E-state index in [1.807, 2.05) is 32.0 Å². The second kappa shape index (κ2) is 7.15. The molecule has 3 heterocycles. The van der Waals surface area contributed by atoms with Crippen LogP contribution in [0.1, 0.15) is 27.7 Å². The first-order valence-electron chi connectivity index (χ1n) is 8.49. The first-order chi connectivity index (χ1) is 11.9. The molecule has 0 saturated heterocycles. The monoisotopic (exact) mass is 336 g/mol. The average molecular weight is 336 g/mol. The van der Waals surface area contributed by atoms with E-state index >= 15 is 0 Å². The van der Waals surface area contributed by atoms with Gasteiger partial charge in [-0.15, -0.1) is 0 Å². The molecule has 0 aromatic carbocycles. The third-order valence-corrected chi connectivity index (χ3v) is 3.84. The van der Waals surface area contributed by atoms with E-state index in [1.165, 1.54) is 0 Å². The van der Waals surface area contributed by atoms with Gasteiger partial charge < -0.3 is 10.1 Å². The summed E-state index contributed by atoms with van der Waals surface area (Å²) in [5, 5.41) is 4.67. The highest BCUT2D eigenvalue weighted by molar-refractivity contribution is 5.93. The number of hydrogen-bond acceptors (Lipinski definition) is 5. The van der Waals surface area contributed by atoms with E-state index in [-0.39, 0.29) is 11.6 Å². The van der Waals surface area contributed by atoms with Crippen molar-refractivity contribution in [3.05, 3.63) is 49.1 Å². The molecule has 0 spiro atoms. The fraction of sp³-hybridized carbons (Fsp3) is 0.350. The van der Waals surface area contributed by atoms with E-state index in [1.54, 1.807) is 24.8 Å².